The van der Waals surface area contributed by atoms with Crippen LogP contribution >= 0.6 is 0 Å². The third-order valence-electron chi connectivity index (χ3n) is 4.76. The number of piperazine rings is 1. The standard InChI is InChI=1S/C19H24F3N5/c1-26-12-13-27(16(14-26)15-6-3-2-4-7-15)11-5-10-23-18-9-8-17(24-25-18)19(20,21)22/h2-4,6-9,16H,5,10-14H2,1H3,(H,23,25). The quantitative estimate of drug-likeness (QED) is 0.781. The Balaban J connectivity index is 1.50. The highest BCUT2D eigenvalue weighted by molar-refractivity contribution is 5.33. The van der Waals surface area contributed by atoms with E-state index in [0.717, 1.165) is 38.7 Å². The van der Waals surface area contributed by atoms with Crippen LogP contribution < -0.4 is 5.32 Å². The molecular weight excluding hydrogens is 355 g/mol. The molecule has 0 radical (unpaired) electrons. The van der Waals surface area contributed by atoms with Crippen molar-refractivity contribution >= 4 is 5.82 Å². The predicted octanol–water partition coefficient (Wildman–Crippen LogP) is 3.29. The Bertz CT molecular complexity index is 706. The van der Waals surface area contributed by atoms with Crippen molar-refractivity contribution in [2.24, 2.45) is 0 Å². The molecule has 146 valence electrons. The molecule has 1 N–H and O–H groups in total. The van der Waals surface area contributed by atoms with Crippen LogP contribution in [0.2, 0.25) is 0 Å². The van der Waals surface area contributed by atoms with Crippen LogP contribution in [0.15, 0.2) is 42.5 Å². The average molecular weight is 379 g/mol. The van der Waals surface area contributed by atoms with E-state index in [2.05, 4.69) is 56.6 Å². The van der Waals surface area contributed by atoms with Crippen molar-refractivity contribution in [3.63, 3.8) is 0 Å². The van der Waals surface area contributed by atoms with Gasteiger partial charge < -0.3 is 10.2 Å². The lowest BCUT2D eigenvalue weighted by molar-refractivity contribution is -0.141. The summed E-state index contributed by atoms with van der Waals surface area (Å²) in [5, 5.41) is 9.87. The first-order valence-electron chi connectivity index (χ1n) is 9.06. The van der Waals surface area contributed by atoms with Gasteiger partial charge in [0.05, 0.1) is 0 Å². The molecule has 1 saturated heterocycles. The normalized spacial score (nSPS) is 19.2. The Morgan fingerprint density at radius 1 is 1.07 bits per heavy atom. The van der Waals surface area contributed by atoms with Crippen LogP contribution in [-0.4, -0.2) is 59.8 Å². The highest BCUT2D eigenvalue weighted by Gasteiger charge is 2.32. The molecule has 1 aromatic carbocycles. The van der Waals surface area contributed by atoms with E-state index in [0.29, 0.717) is 18.4 Å². The molecule has 27 heavy (non-hydrogen) atoms. The highest BCUT2D eigenvalue weighted by atomic mass is 19.4. The lowest BCUT2D eigenvalue weighted by Crippen LogP contribution is -2.47. The van der Waals surface area contributed by atoms with Crippen molar-refractivity contribution in [3.05, 3.63) is 53.7 Å². The molecule has 1 atom stereocenters. The number of halogens is 3. The second kappa shape index (κ2) is 8.67. The first-order chi connectivity index (χ1) is 12.9. The average Bonchev–Trinajstić information content (AvgIpc) is 2.66. The van der Waals surface area contributed by atoms with Gasteiger partial charge in [-0.1, -0.05) is 30.3 Å². The third kappa shape index (κ3) is 5.40. The molecule has 1 aromatic heterocycles. The van der Waals surface area contributed by atoms with Crippen molar-refractivity contribution < 1.29 is 13.2 Å². The molecular formula is C19H24F3N5. The van der Waals surface area contributed by atoms with E-state index in [1.54, 1.807) is 0 Å². The van der Waals surface area contributed by atoms with Gasteiger partial charge >= 0.3 is 6.18 Å². The van der Waals surface area contributed by atoms with Gasteiger partial charge in [-0.3, -0.25) is 4.90 Å². The van der Waals surface area contributed by atoms with Crippen molar-refractivity contribution in [1.29, 1.82) is 0 Å². The molecule has 5 nitrogen and oxygen atoms in total. The summed E-state index contributed by atoms with van der Waals surface area (Å²) in [6, 6.07) is 13.1. The van der Waals surface area contributed by atoms with Gasteiger partial charge in [-0.15, -0.1) is 10.2 Å². The minimum absolute atomic E-state index is 0.357. The van der Waals surface area contributed by atoms with E-state index in [-0.39, 0.29) is 0 Å². The molecule has 1 aliphatic rings. The Labute approximate surface area is 157 Å². The molecule has 8 heteroatoms. The van der Waals surface area contributed by atoms with E-state index in [1.165, 1.54) is 11.6 Å². The van der Waals surface area contributed by atoms with Gasteiger partial charge in [0, 0.05) is 38.8 Å². The Morgan fingerprint density at radius 2 is 1.85 bits per heavy atom. The first-order valence-corrected chi connectivity index (χ1v) is 9.06. The fourth-order valence-electron chi connectivity index (χ4n) is 3.29. The molecule has 2 heterocycles. The summed E-state index contributed by atoms with van der Waals surface area (Å²) in [5.41, 5.74) is 0.335. The number of hydrogen-bond donors (Lipinski definition) is 1. The molecule has 0 spiro atoms. The lowest BCUT2D eigenvalue weighted by atomic mass is 10.0. The molecule has 0 aliphatic carbocycles. The predicted molar refractivity (Wildman–Crippen MR) is 98.4 cm³/mol. The SMILES string of the molecule is CN1CCN(CCCNc2ccc(C(F)(F)F)nn2)C(c2ccccc2)C1. The van der Waals surface area contributed by atoms with Crippen molar-refractivity contribution in [2.45, 2.75) is 18.6 Å². The Hall–Kier alpha value is -2.19. The largest absolute Gasteiger partial charge is 0.435 e. The maximum atomic E-state index is 12.5. The monoisotopic (exact) mass is 379 g/mol. The van der Waals surface area contributed by atoms with E-state index >= 15 is 0 Å². The number of aromatic nitrogens is 2. The zero-order chi connectivity index (χ0) is 19.3. The zero-order valence-corrected chi connectivity index (χ0v) is 15.3. The number of nitrogens with one attached hydrogen (secondary N) is 1. The molecule has 2 aromatic rings. The van der Waals surface area contributed by atoms with Crippen LogP contribution in [0, 0.1) is 0 Å². The number of benzene rings is 1. The minimum Gasteiger partial charge on any atom is -0.369 e. The second-order valence-electron chi connectivity index (χ2n) is 6.81. The van der Waals surface area contributed by atoms with Crippen LogP contribution in [0.3, 0.4) is 0 Å². The van der Waals surface area contributed by atoms with Gasteiger partial charge in [0.15, 0.2) is 5.69 Å². The molecule has 0 amide bonds. The molecule has 0 saturated carbocycles. The van der Waals surface area contributed by atoms with Crippen molar-refractivity contribution in [2.75, 3.05) is 45.1 Å². The number of likely N-dealkylation sites (N-methyl/N-ethyl adjacent to an activating group) is 1. The summed E-state index contributed by atoms with van der Waals surface area (Å²) in [6.45, 7) is 4.56. The summed E-state index contributed by atoms with van der Waals surface area (Å²) >= 11 is 0. The van der Waals surface area contributed by atoms with Gasteiger partial charge in [-0.2, -0.15) is 13.2 Å². The van der Waals surface area contributed by atoms with E-state index in [1.807, 2.05) is 6.07 Å². The summed E-state index contributed by atoms with van der Waals surface area (Å²) in [5.74, 6) is 0.362. The lowest BCUT2D eigenvalue weighted by Gasteiger charge is -2.40. The van der Waals surface area contributed by atoms with Gasteiger partial charge in [0.1, 0.15) is 5.82 Å². The van der Waals surface area contributed by atoms with Crippen molar-refractivity contribution in [3.8, 4) is 0 Å². The Morgan fingerprint density at radius 3 is 2.52 bits per heavy atom. The van der Waals surface area contributed by atoms with Crippen molar-refractivity contribution in [1.82, 2.24) is 20.0 Å². The number of anilines is 1. The maximum absolute atomic E-state index is 12.5. The number of nitrogens with zero attached hydrogens (tertiary/aromatic N) is 4. The fourth-order valence-corrected chi connectivity index (χ4v) is 3.29. The summed E-state index contributed by atoms with van der Waals surface area (Å²) in [4.78, 5) is 4.81. The number of hydrogen-bond acceptors (Lipinski definition) is 5. The van der Waals surface area contributed by atoms with Crippen LogP contribution in [0.1, 0.15) is 23.7 Å². The molecule has 1 aliphatic heterocycles. The van der Waals surface area contributed by atoms with Crippen LogP contribution in [0.5, 0.6) is 0 Å². The molecule has 0 bridgehead atoms. The van der Waals surface area contributed by atoms with E-state index < -0.39 is 11.9 Å². The summed E-state index contributed by atoms with van der Waals surface area (Å²) in [7, 11) is 2.14. The molecule has 3 rings (SSSR count). The third-order valence-corrected chi connectivity index (χ3v) is 4.76. The summed E-state index contributed by atoms with van der Waals surface area (Å²) < 4.78 is 37.5. The molecule has 1 fully saturated rings. The van der Waals surface area contributed by atoms with Crippen LogP contribution in [0.25, 0.3) is 0 Å². The van der Waals surface area contributed by atoms with Gasteiger partial charge in [-0.05, 0) is 31.2 Å². The Kier molecular flexibility index (Phi) is 6.28. The van der Waals surface area contributed by atoms with E-state index in [9.17, 15) is 13.2 Å². The zero-order valence-electron chi connectivity index (χ0n) is 15.3. The van der Waals surface area contributed by atoms with Gasteiger partial charge in [0.25, 0.3) is 0 Å². The highest BCUT2D eigenvalue weighted by Crippen LogP contribution is 2.27. The van der Waals surface area contributed by atoms with Crippen LogP contribution in [0.4, 0.5) is 19.0 Å². The van der Waals surface area contributed by atoms with Gasteiger partial charge in [0.2, 0.25) is 0 Å². The molecule has 1 unspecified atom stereocenters. The maximum Gasteiger partial charge on any atom is 0.435 e. The van der Waals surface area contributed by atoms with Gasteiger partial charge in [-0.25, -0.2) is 0 Å². The summed E-state index contributed by atoms with van der Waals surface area (Å²) in [6.07, 6.45) is -3.59. The number of alkyl halides is 3. The van der Waals surface area contributed by atoms with Crippen LogP contribution in [-0.2, 0) is 6.18 Å². The minimum atomic E-state index is -4.46. The first kappa shape index (κ1) is 19.6. The second-order valence-corrected chi connectivity index (χ2v) is 6.81. The topological polar surface area (TPSA) is 44.3 Å². The fraction of sp³-hybridized carbons (Fsp3) is 0.474. The number of rotatable bonds is 6. The van der Waals surface area contributed by atoms with E-state index in [4.69, 9.17) is 0 Å². The smallest absolute Gasteiger partial charge is 0.369 e.